The minimum atomic E-state index is -0.116. The van der Waals surface area contributed by atoms with Gasteiger partial charge in [-0.05, 0) is 60.5 Å². The van der Waals surface area contributed by atoms with E-state index in [1.54, 1.807) is 13.2 Å². The molecule has 0 aliphatic rings. The summed E-state index contributed by atoms with van der Waals surface area (Å²) < 4.78 is 7.34. The second-order valence-electron chi connectivity index (χ2n) is 6.93. The molecular weight excluding hydrogens is 362 g/mol. The van der Waals surface area contributed by atoms with Crippen molar-refractivity contribution in [3.8, 4) is 28.6 Å². The van der Waals surface area contributed by atoms with Crippen LogP contribution in [0.15, 0.2) is 60.8 Å². The van der Waals surface area contributed by atoms with E-state index in [9.17, 15) is 10.4 Å². The number of hydrogen-bond acceptors (Lipinski definition) is 4. The van der Waals surface area contributed by atoms with Gasteiger partial charge in [0.2, 0.25) is 0 Å². The number of nitrogens with zero attached hydrogens (tertiary/aromatic N) is 2. The molecule has 0 aliphatic heterocycles. The van der Waals surface area contributed by atoms with Crippen LogP contribution >= 0.6 is 0 Å². The van der Waals surface area contributed by atoms with Crippen LogP contribution in [0.5, 0.6) is 5.75 Å². The lowest BCUT2D eigenvalue weighted by Crippen LogP contribution is -1.99. The number of aliphatic hydroxyl groups excluding tert-OH is 1. The molecule has 0 unspecified atom stereocenters. The van der Waals surface area contributed by atoms with E-state index in [0.717, 1.165) is 44.5 Å². The molecule has 5 nitrogen and oxygen atoms in total. The van der Waals surface area contributed by atoms with Gasteiger partial charge in [-0.25, -0.2) is 0 Å². The molecule has 4 aromatic rings. The zero-order chi connectivity index (χ0) is 20.5. The van der Waals surface area contributed by atoms with E-state index in [0.29, 0.717) is 11.3 Å². The summed E-state index contributed by atoms with van der Waals surface area (Å²) in [6, 6.07) is 19.3. The molecule has 3 N–H and O–H groups in total. The van der Waals surface area contributed by atoms with E-state index in [2.05, 4.69) is 6.07 Å². The average Bonchev–Trinajstić information content (AvgIpc) is 3.13. The Bertz CT molecular complexity index is 1270. The van der Waals surface area contributed by atoms with Gasteiger partial charge >= 0.3 is 0 Å². The molecule has 0 saturated carbocycles. The number of aromatic nitrogens is 1. The monoisotopic (exact) mass is 383 g/mol. The summed E-state index contributed by atoms with van der Waals surface area (Å²) in [5.41, 5.74) is 13.0. The summed E-state index contributed by atoms with van der Waals surface area (Å²) in [5.74, 6) is 0.688. The first-order valence-corrected chi connectivity index (χ1v) is 9.26. The minimum Gasteiger partial charge on any atom is -0.497 e. The number of ether oxygens (including phenoxy) is 1. The Morgan fingerprint density at radius 2 is 1.93 bits per heavy atom. The number of aliphatic hydroxyl groups is 1. The number of hydrogen-bond donors (Lipinski definition) is 2. The summed E-state index contributed by atoms with van der Waals surface area (Å²) in [6.07, 6.45) is 2.04. The van der Waals surface area contributed by atoms with Crippen molar-refractivity contribution in [2.45, 2.75) is 13.5 Å². The van der Waals surface area contributed by atoms with Gasteiger partial charge in [0.05, 0.1) is 36.6 Å². The van der Waals surface area contributed by atoms with Crippen LogP contribution in [0.4, 0.5) is 5.69 Å². The van der Waals surface area contributed by atoms with Crippen molar-refractivity contribution < 1.29 is 9.84 Å². The molecule has 1 heterocycles. The fourth-order valence-electron chi connectivity index (χ4n) is 3.71. The van der Waals surface area contributed by atoms with Crippen molar-refractivity contribution in [3.05, 3.63) is 77.5 Å². The fraction of sp³-hybridized carbons (Fsp3) is 0.125. The minimum absolute atomic E-state index is 0.116. The molecule has 144 valence electrons. The van der Waals surface area contributed by atoms with Crippen LogP contribution in [0, 0.1) is 18.3 Å². The van der Waals surface area contributed by atoms with E-state index >= 15 is 0 Å². The standard InChI is InChI=1S/C24H21N3O2/c1-15-19(4-3-5-22(15)26)21-13-27(24-8-6-16(12-25)10-20(21)24)23-9-7-18(29-2)11-17(23)14-28/h3-11,13,28H,14,26H2,1-2H3. The molecule has 0 bridgehead atoms. The quantitative estimate of drug-likeness (QED) is 0.506. The third-order valence-electron chi connectivity index (χ3n) is 5.32. The summed E-state index contributed by atoms with van der Waals surface area (Å²) in [4.78, 5) is 0. The molecule has 0 radical (unpaired) electrons. The SMILES string of the molecule is COc1ccc(-n2cc(-c3cccc(N)c3C)c3cc(C#N)ccc32)c(CO)c1. The maximum Gasteiger partial charge on any atom is 0.119 e. The van der Waals surface area contributed by atoms with Crippen LogP contribution < -0.4 is 10.5 Å². The first-order chi connectivity index (χ1) is 14.1. The summed E-state index contributed by atoms with van der Waals surface area (Å²) >= 11 is 0. The van der Waals surface area contributed by atoms with Gasteiger partial charge in [0, 0.05) is 28.4 Å². The molecule has 4 rings (SSSR count). The zero-order valence-electron chi connectivity index (χ0n) is 16.3. The number of anilines is 1. The predicted octanol–water partition coefficient (Wildman–Crippen LogP) is 4.56. The van der Waals surface area contributed by atoms with Crippen LogP contribution in [0.25, 0.3) is 27.7 Å². The van der Waals surface area contributed by atoms with Crippen LogP contribution in [-0.4, -0.2) is 16.8 Å². The molecule has 0 spiro atoms. The number of nitrogen functional groups attached to an aromatic ring is 1. The van der Waals surface area contributed by atoms with E-state index in [-0.39, 0.29) is 6.61 Å². The summed E-state index contributed by atoms with van der Waals surface area (Å²) in [6.45, 7) is 1.88. The van der Waals surface area contributed by atoms with E-state index in [1.165, 1.54) is 0 Å². The van der Waals surface area contributed by atoms with Crippen molar-refractivity contribution in [2.24, 2.45) is 0 Å². The zero-order valence-corrected chi connectivity index (χ0v) is 16.3. The van der Waals surface area contributed by atoms with Crippen molar-refractivity contribution >= 4 is 16.6 Å². The molecule has 0 amide bonds. The third-order valence-corrected chi connectivity index (χ3v) is 5.32. The average molecular weight is 383 g/mol. The summed E-state index contributed by atoms with van der Waals surface area (Å²) in [7, 11) is 1.60. The van der Waals surface area contributed by atoms with Gasteiger partial charge in [-0.1, -0.05) is 12.1 Å². The maximum atomic E-state index is 9.93. The highest BCUT2D eigenvalue weighted by Crippen LogP contribution is 2.37. The Morgan fingerprint density at radius 1 is 1.10 bits per heavy atom. The molecule has 1 aromatic heterocycles. The first kappa shape index (κ1) is 18.6. The van der Waals surface area contributed by atoms with Gasteiger partial charge in [0.25, 0.3) is 0 Å². The van der Waals surface area contributed by atoms with Crippen molar-refractivity contribution in [2.75, 3.05) is 12.8 Å². The molecule has 0 saturated heterocycles. The maximum absolute atomic E-state index is 9.93. The third kappa shape index (κ3) is 3.10. The van der Waals surface area contributed by atoms with Crippen molar-refractivity contribution in [1.29, 1.82) is 5.26 Å². The lowest BCUT2D eigenvalue weighted by atomic mass is 9.98. The Balaban J connectivity index is 2.05. The number of rotatable bonds is 4. The van der Waals surface area contributed by atoms with Gasteiger partial charge in [-0.3, -0.25) is 0 Å². The van der Waals surface area contributed by atoms with E-state index in [4.69, 9.17) is 10.5 Å². The molecule has 0 fully saturated rings. The van der Waals surface area contributed by atoms with Gasteiger partial charge in [-0.2, -0.15) is 5.26 Å². The van der Waals surface area contributed by atoms with E-state index in [1.807, 2.05) is 66.2 Å². The van der Waals surface area contributed by atoms with E-state index < -0.39 is 0 Å². The largest absolute Gasteiger partial charge is 0.497 e. The number of fused-ring (bicyclic) bond motifs is 1. The Hall–Kier alpha value is -3.75. The molecule has 0 aliphatic carbocycles. The Kier molecular flexibility index (Phi) is 4.71. The fourth-order valence-corrected chi connectivity index (χ4v) is 3.71. The highest BCUT2D eigenvalue weighted by atomic mass is 16.5. The number of nitriles is 1. The smallest absolute Gasteiger partial charge is 0.119 e. The first-order valence-electron chi connectivity index (χ1n) is 9.26. The van der Waals surface area contributed by atoms with Crippen LogP contribution in [-0.2, 0) is 6.61 Å². The van der Waals surface area contributed by atoms with Crippen LogP contribution in [0.2, 0.25) is 0 Å². The van der Waals surface area contributed by atoms with Gasteiger partial charge in [0.1, 0.15) is 5.75 Å². The van der Waals surface area contributed by atoms with Crippen molar-refractivity contribution in [3.63, 3.8) is 0 Å². The second kappa shape index (κ2) is 7.34. The Labute approximate surface area is 169 Å². The number of benzene rings is 3. The molecular formula is C24H21N3O2. The topological polar surface area (TPSA) is 84.2 Å². The second-order valence-corrected chi connectivity index (χ2v) is 6.93. The van der Waals surface area contributed by atoms with Gasteiger partial charge in [0.15, 0.2) is 0 Å². The molecule has 3 aromatic carbocycles. The normalized spacial score (nSPS) is 10.8. The molecule has 29 heavy (non-hydrogen) atoms. The lowest BCUT2D eigenvalue weighted by Gasteiger charge is -2.12. The van der Waals surface area contributed by atoms with Crippen LogP contribution in [0.1, 0.15) is 16.7 Å². The summed E-state index contributed by atoms with van der Waals surface area (Å²) in [5, 5.41) is 20.3. The lowest BCUT2D eigenvalue weighted by molar-refractivity contribution is 0.280. The number of nitrogens with two attached hydrogens (primary N) is 1. The predicted molar refractivity (Wildman–Crippen MR) is 115 cm³/mol. The van der Waals surface area contributed by atoms with Crippen molar-refractivity contribution in [1.82, 2.24) is 4.57 Å². The number of methoxy groups -OCH3 is 1. The molecule has 0 atom stereocenters. The van der Waals surface area contributed by atoms with Gasteiger partial charge in [-0.15, -0.1) is 0 Å². The van der Waals surface area contributed by atoms with Crippen LogP contribution in [0.3, 0.4) is 0 Å². The van der Waals surface area contributed by atoms with Gasteiger partial charge < -0.3 is 20.1 Å². The molecule has 5 heteroatoms. The highest BCUT2D eigenvalue weighted by molar-refractivity contribution is 5.99. The highest BCUT2D eigenvalue weighted by Gasteiger charge is 2.16. The Morgan fingerprint density at radius 3 is 2.66 bits per heavy atom.